The molecule has 0 fully saturated rings. The van der Waals surface area contributed by atoms with E-state index in [4.69, 9.17) is 0 Å². The van der Waals surface area contributed by atoms with Crippen LogP contribution in [0.1, 0.15) is 423 Å². The first-order valence-electron chi connectivity index (χ1n) is 31.4. The Morgan fingerprint density at radius 1 is 0.118 bits per heavy atom. The van der Waals surface area contributed by atoms with Gasteiger partial charge in [0.15, 0.2) is 0 Å². The molecule has 0 N–H and O–H groups in total. The smallest absolute Gasteiger partial charge is 0.0470 e. The summed E-state index contributed by atoms with van der Waals surface area (Å²) in [5.74, 6) is 0. The molecule has 0 aliphatic carbocycles. The van der Waals surface area contributed by atoms with Gasteiger partial charge in [0.25, 0.3) is 0 Å². The Balaban J connectivity index is -0.0000000124. The van der Waals surface area contributed by atoms with Crippen LogP contribution in [0.2, 0.25) is 0 Å². The lowest BCUT2D eigenvalue weighted by Gasteiger charge is -1.49. The third kappa shape index (κ3) is 54600. The summed E-state index contributed by atoms with van der Waals surface area (Å²) in [6, 6.07) is 0. The average molecular weight is 998 g/mol. The monoisotopic (exact) mass is 997 g/mol. The molecule has 0 rings (SSSR count). The molecule has 0 aromatic heterocycles. The minimum Gasteiger partial charge on any atom is -0.0919 e. The van der Waals surface area contributed by atoms with E-state index in [0.29, 0.717) is 0 Å². The molecule has 68 heavy (non-hydrogen) atoms. The molecule has 0 heteroatoms. The van der Waals surface area contributed by atoms with Crippen molar-refractivity contribution in [2.24, 2.45) is 0 Å². The van der Waals surface area contributed by atoms with Gasteiger partial charge >= 0.3 is 0 Å². The molecule has 0 saturated heterocycles. The van der Waals surface area contributed by atoms with Gasteiger partial charge in [-0.25, -0.2) is 0 Å². The van der Waals surface area contributed by atoms with Gasteiger partial charge in [0.2, 0.25) is 0 Å². The Bertz CT molecular complexity index is 166. The van der Waals surface area contributed by atoms with E-state index in [0.717, 1.165) is 0 Å². The molecule has 0 aliphatic heterocycles. The van der Waals surface area contributed by atoms with Crippen molar-refractivity contribution in [1.82, 2.24) is 0 Å². The van der Waals surface area contributed by atoms with Crippen molar-refractivity contribution in [3.63, 3.8) is 0 Å². The molecular weight excluding hydrogens is 817 g/mol. The van der Waals surface area contributed by atoms with Crippen molar-refractivity contribution in [2.45, 2.75) is 423 Å². The van der Waals surface area contributed by atoms with Crippen LogP contribution >= 0.6 is 0 Å². The molecule has 0 aromatic carbocycles. The average Bonchev–Trinajstić information content (AvgIpc) is 3.38. The Morgan fingerprint density at radius 2 is 0.132 bits per heavy atom. The highest BCUT2D eigenvalue weighted by Gasteiger charge is 1.40. The van der Waals surface area contributed by atoms with E-state index in [1.54, 1.807) is 0 Å². The van der Waals surface area contributed by atoms with Gasteiger partial charge < -0.3 is 0 Å². The van der Waals surface area contributed by atoms with Crippen molar-refractivity contribution in [1.29, 1.82) is 0 Å². The van der Waals surface area contributed by atoms with Crippen LogP contribution in [0.15, 0.2) is 36.5 Å². The van der Waals surface area contributed by atoms with Crippen molar-refractivity contribution in [3.8, 4) is 0 Å². The molecule has 0 spiro atoms. The first-order chi connectivity index (χ1) is 32.7. The summed E-state index contributed by atoms with van der Waals surface area (Å²) in [7, 11) is 0. The SMILES string of the molecule is C/C=C/C.C/C=C/C.C/C=C/C.CC.CC.CC.CC.CC.CC.CC.CC.CC.CC.CCC.CCC.CCC.CCC.CCC.CCC.CCC.CCC.CCC.CCC.CCC.CCC. The second-order valence-corrected chi connectivity index (χ2v) is 10.5. The van der Waals surface area contributed by atoms with Gasteiger partial charge in [-0.2, -0.15) is 0 Å². The number of rotatable bonds is 0. The number of hydrogen-bond acceptors (Lipinski definition) is 0. The first-order valence-corrected chi connectivity index (χ1v) is 31.4. The zero-order valence-corrected chi connectivity index (χ0v) is 61.9. The van der Waals surface area contributed by atoms with E-state index in [1.165, 1.54) is 77.0 Å². The van der Waals surface area contributed by atoms with E-state index in [-0.39, 0.29) is 0 Å². The van der Waals surface area contributed by atoms with E-state index < -0.39 is 0 Å². The molecule has 452 valence electrons. The lowest BCUT2D eigenvalue weighted by Crippen LogP contribution is -1.27. The van der Waals surface area contributed by atoms with Crippen LogP contribution in [0.3, 0.4) is 0 Å². The normalized spacial score (nSPS) is 5.74. The van der Waals surface area contributed by atoms with Crippen molar-refractivity contribution in [3.05, 3.63) is 36.5 Å². The fraction of sp³-hybridized carbons (Fsp3) is 0.912. The Hall–Kier alpha value is -0.780. The predicted octanol–water partition coefficient (Wildman–Crippen LogP) is 32.0. The number of hydrogen-bond donors (Lipinski definition) is 0. The van der Waals surface area contributed by atoms with Gasteiger partial charge in [-0.3, -0.25) is 0 Å². The van der Waals surface area contributed by atoms with Crippen LogP contribution in [-0.2, 0) is 0 Å². The maximum atomic E-state index is 2.12. The van der Waals surface area contributed by atoms with Crippen LogP contribution in [0.4, 0.5) is 0 Å². The summed E-state index contributed by atoms with van der Waals surface area (Å²) in [5, 5.41) is 0. The molecule has 0 aromatic rings. The molecule has 0 aliphatic rings. The highest BCUT2D eigenvalue weighted by Crippen LogP contribution is 1.61. The lowest BCUT2D eigenvalue weighted by molar-refractivity contribution is 1.09. The van der Waals surface area contributed by atoms with Crippen LogP contribution in [0.25, 0.3) is 0 Å². The van der Waals surface area contributed by atoms with Crippen molar-refractivity contribution < 1.29 is 0 Å². The van der Waals surface area contributed by atoms with E-state index in [2.05, 4.69) is 166 Å². The lowest BCUT2D eigenvalue weighted by atomic mass is 10.6. The third-order valence-corrected chi connectivity index (χ3v) is 1.00. The molecule has 0 nitrogen and oxygen atoms in total. The van der Waals surface area contributed by atoms with Crippen LogP contribution in [0, 0.1) is 0 Å². The molecule has 0 amide bonds. The zero-order chi connectivity index (χ0) is 62.7. The van der Waals surface area contributed by atoms with Gasteiger partial charge in [0.1, 0.15) is 0 Å². The van der Waals surface area contributed by atoms with E-state index in [9.17, 15) is 0 Å². The van der Waals surface area contributed by atoms with Crippen LogP contribution < -0.4 is 0 Å². The van der Waals surface area contributed by atoms with Gasteiger partial charge in [-0.15, -0.1) is 0 Å². The van der Waals surface area contributed by atoms with Crippen LogP contribution in [-0.4, -0.2) is 0 Å². The summed E-state index contributed by atoms with van der Waals surface area (Å²) >= 11 is 0. The quantitative estimate of drug-likeness (QED) is 0.212. The molecule has 0 saturated carbocycles. The third-order valence-electron chi connectivity index (χ3n) is 1.00. The fourth-order valence-corrected chi connectivity index (χ4v) is 0. The molecule has 0 unspecified atom stereocenters. The molecule has 0 radical (unpaired) electrons. The molecule has 0 bridgehead atoms. The Morgan fingerprint density at radius 3 is 0.132 bits per heavy atom. The molecular formula is C68H180. The minimum absolute atomic E-state index is 1.25. The van der Waals surface area contributed by atoms with Gasteiger partial charge in [-0.05, 0) is 41.5 Å². The summed E-state index contributed by atoms with van der Waals surface area (Å²) < 4.78 is 0. The Labute approximate surface area is 457 Å². The largest absolute Gasteiger partial charge is 0.0919 e. The summed E-state index contributed by atoms with van der Waals surface area (Å²) in [6.45, 7) is 103. The van der Waals surface area contributed by atoms with Crippen LogP contribution in [0.5, 0.6) is 0 Å². The van der Waals surface area contributed by atoms with Gasteiger partial charge in [0, 0.05) is 0 Å². The Kier molecular flexibility index (Phi) is 2310. The minimum atomic E-state index is 1.25. The van der Waals surface area contributed by atoms with Gasteiger partial charge in [0.05, 0.1) is 0 Å². The van der Waals surface area contributed by atoms with Crippen molar-refractivity contribution in [2.75, 3.05) is 0 Å². The first kappa shape index (κ1) is 165. The highest BCUT2D eigenvalue weighted by molar-refractivity contribution is 4.69. The zero-order valence-electron chi connectivity index (χ0n) is 61.9. The standard InChI is InChI=1S/3C4H8.12C3H8.10C2H6/c3*1-3-4-2;12*1-3-2;10*1-2/h3*3-4H,1-2H3;12*3H2,1-2H3;10*1-2H3/b3*4-3+;;;;;;;;;;;;;;;;;;;;;;. The highest BCUT2D eigenvalue weighted by atomic mass is 13.5. The second kappa shape index (κ2) is 950. The summed E-state index contributed by atoms with van der Waals surface area (Å²) in [4.78, 5) is 0. The summed E-state index contributed by atoms with van der Waals surface area (Å²) in [5.41, 5.74) is 0. The van der Waals surface area contributed by atoms with Gasteiger partial charge in [-0.1, -0.05) is 418 Å². The topological polar surface area (TPSA) is 0 Å². The maximum Gasteiger partial charge on any atom is -0.0470 e. The van der Waals surface area contributed by atoms with Crippen molar-refractivity contribution >= 4 is 0 Å². The van der Waals surface area contributed by atoms with E-state index in [1.807, 2.05) is 216 Å². The molecule has 0 atom stereocenters. The summed E-state index contributed by atoms with van der Waals surface area (Å²) in [6.07, 6.45) is 27.0. The second-order valence-electron chi connectivity index (χ2n) is 10.5. The predicted molar refractivity (Wildman–Crippen MR) is 367 cm³/mol. The maximum absolute atomic E-state index is 2.12. The molecule has 0 heterocycles. The van der Waals surface area contributed by atoms with E-state index >= 15 is 0 Å². The number of allylic oxidation sites excluding steroid dienone is 6. The fourth-order valence-electron chi connectivity index (χ4n) is 0.